The Balaban J connectivity index is 1.63. The average Bonchev–Trinajstić information content (AvgIpc) is 3.09. The van der Waals surface area contributed by atoms with E-state index in [0.717, 1.165) is 19.6 Å². The first kappa shape index (κ1) is 11.5. The zero-order chi connectivity index (χ0) is 12.2. The SMILES string of the molecule is c1ccc(-c2cnn(CC[C@H]3CCCO3)c2)cc1. The zero-order valence-electron chi connectivity index (χ0n) is 10.5. The second-order valence-electron chi connectivity index (χ2n) is 4.78. The minimum atomic E-state index is 0.439. The Morgan fingerprint density at radius 1 is 1.22 bits per heavy atom. The van der Waals surface area contributed by atoms with Gasteiger partial charge in [-0.15, -0.1) is 0 Å². The molecule has 1 aliphatic heterocycles. The fourth-order valence-electron chi connectivity index (χ4n) is 2.41. The van der Waals surface area contributed by atoms with Crippen LogP contribution in [0.3, 0.4) is 0 Å². The summed E-state index contributed by atoms with van der Waals surface area (Å²) in [6, 6.07) is 10.4. The van der Waals surface area contributed by atoms with Crippen LogP contribution in [-0.4, -0.2) is 22.5 Å². The van der Waals surface area contributed by atoms with Crippen LogP contribution in [0.1, 0.15) is 19.3 Å². The number of rotatable bonds is 4. The fourth-order valence-corrected chi connectivity index (χ4v) is 2.41. The number of hydrogen-bond donors (Lipinski definition) is 0. The third-order valence-corrected chi connectivity index (χ3v) is 3.44. The van der Waals surface area contributed by atoms with Gasteiger partial charge in [0.05, 0.1) is 12.3 Å². The number of nitrogens with zero attached hydrogens (tertiary/aromatic N) is 2. The molecule has 94 valence electrons. The molecule has 1 atom stereocenters. The fraction of sp³-hybridized carbons (Fsp3) is 0.400. The van der Waals surface area contributed by atoms with Crippen molar-refractivity contribution in [2.24, 2.45) is 0 Å². The molecule has 0 amide bonds. The van der Waals surface area contributed by atoms with Crippen LogP contribution < -0.4 is 0 Å². The van der Waals surface area contributed by atoms with E-state index in [0.29, 0.717) is 6.10 Å². The van der Waals surface area contributed by atoms with Gasteiger partial charge in [-0.05, 0) is 24.8 Å². The Kier molecular flexibility index (Phi) is 3.42. The van der Waals surface area contributed by atoms with Gasteiger partial charge in [0.1, 0.15) is 0 Å². The Morgan fingerprint density at radius 3 is 2.89 bits per heavy atom. The number of aromatic nitrogens is 2. The summed E-state index contributed by atoms with van der Waals surface area (Å²) in [5, 5.41) is 4.41. The Bertz CT molecular complexity index is 486. The summed E-state index contributed by atoms with van der Waals surface area (Å²) in [6.07, 6.45) is 7.96. The van der Waals surface area contributed by atoms with E-state index in [4.69, 9.17) is 4.74 Å². The van der Waals surface area contributed by atoms with E-state index in [1.54, 1.807) is 0 Å². The highest BCUT2D eigenvalue weighted by molar-refractivity contribution is 5.61. The Morgan fingerprint density at radius 2 is 2.11 bits per heavy atom. The van der Waals surface area contributed by atoms with Gasteiger partial charge < -0.3 is 4.74 Å². The van der Waals surface area contributed by atoms with Gasteiger partial charge in [-0.1, -0.05) is 30.3 Å². The van der Waals surface area contributed by atoms with Crippen molar-refractivity contribution in [1.82, 2.24) is 9.78 Å². The summed E-state index contributed by atoms with van der Waals surface area (Å²) in [5.41, 5.74) is 2.41. The molecule has 18 heavy (non-hydrogen) atoms. The molecule has 3 nitrogen and oxygen atoms in total. The summed E-state index contributed by atoms with van der Waals surface area (Å²) in [4.78, 5) is 0. The van der Waals surface area contributed by atoms with Gasteiger partial charge in [0.2, 0.25) is 0 Å². The second kappa shape index (κ2) is 5.36. The van der Waals surface area contributed by atoms with E-state index >= 15 is 0 Å². The number of benzene rings is 1. The van der Waals surface area contributed by atoms with Crippen molar-refractivity contribution in [1.29, 1.82) is 0 Å². The molecular weight excluding hydrogens is 224 g/mol. The van der Waals surface area contributed by atoms with Gasteiger partial charge in [-0.25, -0.2) is 0 Å². The molecule has 1 aromatic carbocycles. The molecule has 1 fully saturated rings. The lowest BCUT2D eigenvalue weighted by Crippen LogP contribution is -2.10. The molecule has 0 radical (unpaired) electrons. The summed E-state index contributed by atoms with van der Waals surface area (Å²) in [6.45, 7) is 1.87. The smallest absolute Gasteiger partial charge is 0.0593 e. The molecule has 0 N–H and O–H groups in total. The first-order chi connectivity index (χ1) is 8.92. The normalized spacial score (nSPS) is 19.2. The lowest BCUT2D eigenvalue weighted by atomic mass is 10.1. The van der Waals surface area contributed by atoms with Crippen LogP contribution in [-0.2, 0) is 11.3 Å². The molecule has 3 heteroatoms. The second-order valence-corrected chi connectivity index (χ2v) is 4.78. The maximum atomic E-state index is 5.62. The third kappa shape index (κ3) is 2.62. The molecular formula is C15H18N2O. The van der Waals surface area contributed by atoms with Gasteiger partial charge in [0.25, 0.3) is 0 Å². The molecule has 0 bridgehead atoms. The molecule has 1 aliphatic rings. The van der Waals surface area contributed by atoms with E-state index < -0.39 is 0 Å². The van der Waals surface area contributed by atoms with Crippen LogP contribution >= 0.6 is 0 Å². The maximum absolute atomic E-state index is 5.62. The molecule has 0 unspecified atom stereocenters. The van der Waals surface area contributed by atoms with Crippen LogP contribution in [0.4, 0.5) is 0 Å². The largest absolute Gasteiger partial charge is 0.378 e. The van der Waals surface area contributed by atoms with E-state index in [1.807, 2.05) is 16.9 Å². The lowest BCUT2D eigenvalue weighted by Gasteiger charge is -2.08. The first-order valence-electron chi connectivity index (χ1n) is 6.61. The molecule has 1 saturated heterocycles. The molecule has 2 heterocycles. The van der Waals surface area contributed by atoms with Crippen molar-refractivity contribution in [3.05, 3.63) is 42.7 Å². The third-order valence-electron chi connectivity index (χ3n) is 3.44. The Labute approximate surface area is 107 Å². The lowest BCUT2D eigenvalue weighted by molar-refractivity contribution is 0.0994. The molecule has 2 aromatic rings. The topological polar surface area (TPSA) is 27.1 Å². The standard InChI is InChI=1S/C15H18N2O/c1-2-5-13(6-3-1)14-11-16-17(12-14)9-8-15-7-4-10-18-15/h1-3,5-6,11-12,15H,4,7-10H2/t15-/m1/s1. The summed E-state index contributed by atoms with van der Waals surface area (Å²) in [7, 11) is 0. The van der Waals surface area contributed by atoms with E-state index in [1.165, 1.54) is 24.0 Å². The van der Waals surface area contributed by atoms with Crippen LogP contribution in [0.15, 0.2) is 42.7 Å². The minimum absolute atomic E-state index is 0.439. The predicted molar refractivity (Wildman–Crippen MR) is 71.3 cm³/mol. The molecule has 3 rings (SSSR count). The highest BCUT2D eigenvalue weighted by atomic mass is 16.5. The summed E-state index contributed by atoms with van der Waals surface area (Å²) >= 11 is 0. The van der Waals surface area contributed by atoms with Crippen molar-refractivity contribution in [2.45, 2.75) is 31.9 Å². The summed E-state index contributed by atoms with van der Waals surface area (Å²) in [5.74, 6) is 0. The zero-order valence-corrected chi connectivity index (χ0v) is 10.5. The number of ether oxygens (including phenoxy) is 1. The van der Waals surface area contributed by atoms with E-state index in [9.17, 15) is 0 Å². The van der Waals surface area contributed by atoms with E-state index in [2.05, 4.69) is 35.6 Å². The molecule has 0 aliphatic carbocycles. The van der Waals surface area contributed by atoms with Gasteiger partial charge in [-0.3, -0.25) is 4.68 Å². The number of hydrogen-bond acceptors (Lipinski definition) is 2. The van der Waals surface area contributed by atoms with Crippen LogP contribution in [0.25, 0.3) is 11.1 Å². The highest BCUT2D eigenvalue weighted by Crippen LogP contribution is 2.19. The van der Waals surface area contributed by atoms with Crippen molar-refractivity contribution in [3.8, 4) is 11.1 Å². The van der Waals surface area contributed by atoms with Crippen molar-refractivity contribution in [2.75, 3.05) is 6.61 Å². The average molecular weight is 242 g/mol. The van der Waals surface area contributed by atoms with Crippen molar-refractivity contribution >= 4 is 0 Å². The van der Waals surface area contributed by atoms with Gasteiger partial charge in [-0.2, -0.15) is 5.10 Å². The highest BCUT2D eigenvalue weighted by Gasteiger charge is 2.15. The summed E-state index contributed by atoms with van der Waals surface area (Å²) < 4.78 is 7.64. The van der Waals surface area contributed by atoms with Crippen LogP contribution in [0, 0.1) is 0 Å². The van der Waals surface area contributed by atoms with E-state index in [-0.39, 0.29) is 0 Å². The maximum Gasteiger partial charge on any atom is 0.0593 e. The molecule has 1 aromatic heterocycles. The minimum Gasteiger partial charge on any atom is -0.378 e. The van der Waals surface area contributed by atoms with Crippen molar-refractivity contribution < 1.29 is 4.74 Å². The van der Waals surface area contributed by atoms with Gasteiger partial charge in [0.15, 0.2) is 0 Å². The molecule has 0 spiro atoms. The van der Waals surface area contributed by atoms with Crippen LogP contribution in [0.2, 0.25) is 0 Å². The first-order valence-corrected chi connectivity index (χ1v) is 6.61. The Hall–Kier alpha value is -1.61. The van der Waals surface area contributed by atoms with Gasteiger partial charge >= 0.3 is 0 Å². The predicted octanol–water partition coefficient (Wildman–Crippen LogP) is 3.12. The van der Waals surface area contributed by atoms with Gasteiger partial charge in [0, 0.05) is 24.9 Å². The monoisotopic (exact) mass is 242 g/mol. The molecule has 0 saturated carbocycles. The number of aryl methyl sites for hydroxylation is 1. The quantitative estimate of drug-likeness (QED) is 0.823. The van der Waals surface area contributed by atoms with Crippen LogP contribution in [0.5, 0.6) is 0 Å². The van der Waals surface area contributed by atoms with Crippen molar-refractivity contribution in [3.63, 3.8) is 0 Å².